The number of carbonyl (C=O) groups is 1. The van der Waals surface area contributed by atoms with Crippen molar-refractivity contribution in [1.29, 1.82) is 5.26 Å². The van der Waals surface area contributed by atoms with Crippen LogP contribution in [0.4, 0.5) is 0 Å². The van der Waals surface area contributed by atoms with Crippen molar-refractivity contribution in [3.8, 4) is 6.07 Å². The van der Waals surface area contributed by atoms with Crippen LogP contribution in [0.5, 0.6) is 0 Å². The van der Waals surface area contributed by atoms with Crippen molar-refractivity contribution >= 4 is 17.5 Å². The zero-order chi connectivity index (χ0) is 13.5. The summed E-state index contributed by atoms with van der Waals surface area (Å²) in [5, 5.41) is 8.92. The van der Waals surface area contributed by atoms with E-state index in [1.807, 2.05) is 13.8 Å². The number of aromatic nitrogens is 1. The number of amides is 1. The number of rotatable bonds is 5. The van der Waals surface area contributed by atoms with E-state index in [2.05, 4.69) is 11.1 Å². The third kappa shape index (κ3) is 4.34. The summed E-state index contributed by atoms with van der Waals surface area (Å²) in [6, 6.07) is 5.23. The molecule has 0 aliphatic rings. The SMILES string of the molecule is CC(C)CN(CCC#N)C(=O)c1ccnc(Cl)c1. The Labute approximate surface area is 112 Å². The molecule has 0 saturated heterocycles. The molecule has 0 fully saturated rings. The van der Waals surface area contributed by atoms with Crippen molar-refractivity contribution in [3.63, 3.8) is 0 Å². The summed E-state index contributed by atoms with van der Waals surface area (Å²) in [6.07, 6.45) is 1.84. The van der Waals surface area contributed by atoms with Gasteiger partial charge in [0, 0.05) is 24.8 Å². The molecule has 0 unspecified atom stereocenters. The van der Waals surface area contributed by atoms with Crippen LogP contribution in [0.1, 0.15) is 30.6 Å². The zero-order valence-corrected chi connectivity index (χ0v) is 11.3. The first kappa shape index (κ1) is 14.5. The highest BCUT2D eigenvalue weighted by Gasteiger charge is 2.16. The van der Waals surface area contributed by atoms with Gasteiger partial charge in [0.15, 0.2) is 0 Å². The van der Waals surface area contributed by atoms with E-state index >= 15 is 0 Å². The van der Waals surface area contributed by atoms with Crippen molar-refractivity contribution in [2.75, 3.05) is 13.1 Å². The van der Waals surface area contributed by atoms with Crippen molar-refractivity contribution in [1.82, 2.24) is 9.88 Å². The highest BCUT2D eigenvalue weighted by molar-refractivity contribution is 6.29. The van der Waals surface area contributed by atoms with E-state index in [0.717, 1.165) is 0 Å². The molecule has 0 bridgehead atoms. The summed E-state index contributed by atoms with van der Waals surface area (Å²) < 4.78 is 0. The van der Waals surface area contributed by atoms with Crippen LogP contribution in [0.15, 0.2) is 18.3 Å². The first-order valence-electron chi connectivity index (χ1n) is 5.82. The summed E-state index contributed by atoms with van der Waals surface area (Å²) in [5.74, 6) is 0.244. The summed E-state index contributed by atoms with van der Waals surface area (Å²) in [7, 11) is 0. The Bertz CT molecular complexity index is 454. The number of nitriles is 1. The van der Waals surface area contributed by atoms with Crippen LogP contribution in [0.2, 0.25) is 5.15 Å². The van der Waals surface area contributed by atoms with Gasteiger partial charge in [0.2, 0.25) is 0 Å². The highest BCUT2D eigenvalue weighted by Crippen LogP contribution is 2.11. The first-order chi connectivity index (χ1) is 8.54. The minimum atomic E-state index is -0.108. The minimum absolute atomic E-state index is 0.108. The van der Waals surface area contributed by atoms with Crippen LogP contribution < -0.4 is 0 Å². The molecule has 0 aliphatic carbocycles. The van der Waals surface area contributed by atoms with Crippen molar-refractivity contribution in [2.45, 2.75) is 20.3 Å². The van der Waals surface area contributed by atoms with Gasteiger partial charge in [-0.3, -0.25) is 4.79 Å². The molecular formula is C13H16ClN3O. The molecule has 0 atom stereocenters. The second kappa shape index (κ2) is 6.97. The van der Waals surface area contributed by atoms with Gasteiger partial charge in [-0.15, -0.1) is 0 Å². The zero-order valence-electron chi connectivity index (χ0n) is 10.6. The van der Waals surface area contributed by atoms with Gasteiger partial charge in [0.05, 0.1) is 12.5 Å². The first-order valence-corrected chi connectivity index (χ1v) is 6.20. The van der Waals surface area contributed by atoms with E-state index in [-0.39, 0.29) is 5.91 Å². The highest BCUT2D eigenvalue weighted by atomic mass is 35.5. The molecule has 1 amide bonds. The Morgan fingerprint density at radius 2 is 2.33 bits per heavy atom. The van der Waals surface area contributed by atoms with Crippen molar-refractivity contribution in [3.05, 3.63) is 29.0 Å². The molecule has 0 radical (unpaired) electrons. The molecular weight excluding hydrogens is 250 g/mol. The van der Waals surface area contributed by atoms with Gasteiger partial charge in [-0.25, -0.2) is 4.98 Å². The van der Waals surface area contributed by atoms with Crippen LogP contribution in [-0.4, -0.2) is 28.9 Å². The number of carbonyl (C=O) groups excluding carboxylic acids is 1. The molecule has 5 heteroatoms. The van der Waals surface area contributed by atoms with Gasteiger partial charge in [0.25, 0.3) is 5.91 Å². The summed E-state index contributed by atoms with van der Waals surface area (Å²) in [6.45, 7) is 5.13. The molecule has 18 heavy (non-hydrogen) atoms. The maximum Gasteiger partial charge on any atom is 0.254 e. The van der Waals surface area contributed by atoms with Gasteiger partial charge in [-0.2, -0.15) is 5.26 Å². The summed E-state index contributed by atoms with van der Waals surface area (Å²) >= 11 is 5.77. The topological polar surface area (TPSA) is 57.0 Å². The Kier molecular flexibility index (Phi) is 5.60. The molecule has 0 N–H and O–H groups in total. The lowest BCUT2D eigenvalue weighted by Gasteiger charge is -2.23. The number of hydrogen-bond donors (Lipinski definition) is 0. The number of pyridine rings is 1. The standard InChI is InChI=1S/C13H16ClN3O/c1-10(2)9-17(7-3-5-15)13(18)11-4-6-16-12(14)8-11/h4,6,8,10H,3,7,9H2,1-2H3. The minimum Gasteiger partial charge on any atom is -0.337 e. The molecule has 0 aromatic carbocycles. The van der Waals surface area contributed by atoms with Crippen LogP contribution in [0.3, 0.4) is 0 Å². The average molecular weight is 266 g/mol. The van der Waals surface area contributed by atoms with Crippen molar-refractivity contribution in [2.24, 2.45) is 5.92 Å². The van der Waals surface area contributed by atoms with Crippen LogP contribution in [0.25, 0.3) is 0 Å². The second-order valence-corrected chi connectivity index (χ2v) is 4.81. The summed E-state index contributed by atoms with van der Waals surface area (Å²) in [4.78, 5) is 17.8. The van der Waals surface area contributed by atoms with Gasteiger partial charge in [0.1, 0.15) is 5.15 Å². The lowest BCUT2D eigenvalue weighted by atomic mass is 10.1. The molecule has 1 heterocycles. The fourth-order valence-corrected chi connectivity index (χ4v) is 1.79. The number of nitrogens with zero attached hydrogens (tertiary/aromatic N) is 3. The molecule has 0 spiro atoms. The smallest absolute Gasteiger partial charge is 0.254 e. The van der Waals surface area contributed by atoms with Crippen LogP contribution in [0, 0.1) is 17.2 Å². The molecule has 0 aliphatic heterocycles. The van der Waals surface area contributed by atoms with Crippen LogP contribution in [-0.2, 0) is 0 Å². The van der Waals surface area contributed by atoms with Crippen LogP contribution >= 0.6 is 11.6 Å². The van der Waals surface area contributed by atoms with E-state index in [0.29, 0.717) is 36.1 Å². The van der Waals surface area contributed by atoms with E-state index in [1.165, 1.54) is 6.20 Å². The third-order valence-electron chi connectivity index (χ3n) is 2.34. The predicted molar refractivity (Wildman–Crippen MR) is 70.2 cm³/mol. The fraction of sp³-hybridized carbons (Fsp3) is 0.462. The second-order valence-electron chi connectivity index (χ2n) is 4.42. The fourth-order valence-electron chi connectivity index (χ4n) is 1.62. The number of halogens is 1. The molecule has 4 nitrogen and oxygen atoms in total. The number of hydrogen-bond acceptors (Lipinski definition) is 3. The normalized spacial score (nSPS) is 10.2. The molecule has 1 aromatic heterocycles. The van der Waals surface area contributed by atoms with E-state index < -0.39 is 0 Å². The lowest BCUT2D eigenvalue weighted by molar-refractivity contribution is 0.0740. The quantitative estimate of drug-likeness (QED) is 0.769. The molecule has 0 saturated carbocycles. The molecule has 1 rings (SSSR count). The predicted octanol–water partition coefficient (Wildman–Crippen LogP) is 2.75. The summed E-state index contributed by atoms with van der Waals surface area (Å²) in [5.41, 5.74) is 0.508. The monoisotopic (exact) mass is 265 g/mol. The van der Waals surface area contributed by atoms with Crippen molar-refractivity contribution < 1.29 is 4.79 Å². The Balaban J connectivity index is 2.84. The maximum absolute atomic E-state index is 12.3. The van der Waals surface area contributed by atoms with Gasteiger partial charge in [-0.05, 0) is 18.1 Å². The van der Waals surface area contributed by atoms with E-state index in [4.69, 9.17) is 16.9 Å². The molecule has 96 valence electrons. The van der Waals surface area contributed by atoms with Gasteiger partial charge < -0.3 is 4.90 Å². The van der Waals surface area contributed by atoms with E-state index in [9.17, 15) is 4.79 Å². The third-order valence-corrected chi connectivity index (χ3v) is 2.55. The van der Waals surface area contributed by atoms with E-state index in [1.54, 1.807) is 17.0 Å². The lowest BCUT2D eigenvalue weighted by Crippen LogP contribution is -2.35. The maximum atomic E-state index is 12.3. The average Bonchev–Trinajstić information content (AvgIpc) is 2.33. The molecule has 1 aromatic rings. The van der Waals surface area contributed by atoms with Gasteiger partial charge in [-0.1, -0.05) is 25.4 Å². The Morgan fingerprint density at radius 3 is 2.89 bits per heavy atom. The Hall–Kier alpha value is -1.60. The largest absolute Gasteiger partial charge is 0.337 e. The van der Waals surface area contributed by atoms with Gasteiger partial charge >= 0.3 is 0 Å². The Morgan fingerprint density at radius 1 is 1.61 bits per heavy atom.